The van der Waals surface area contributed by atoms with Gasteiger partial charge in [0, 0.05) is 31.6 Å². The van der Waals surface area contributed by atoms with Crippen LogP contribution in [0.1, 0.15) is 52.9 Å². The van der Waals surface area contributed by atoms with Gasteiger partial charge in [-0.2, -0.15) is 0 Å². The predicted octanol–water partition coefficient (Wildman–Crippen LogP) is 2.46. The smallest absolute Gasteiger partial charge is 0.225 e. The Morgan fingerprint density at radius 2 is 2.11 bits per heavy atom. The highest BCUT2D eigenvalue weighted by Gasteiger charge is 2.34. The number of rotatable bonds is 6. The van der Waals surface area contributed by atoms with Crippen molar-refractivity contribution in [2.75, 3.05) is 13.6 Å². The monoisotopic (exact) mass is 266 g/mol. The van der Waals surface area contributed by atoms with Crippen LogP contribution in [0.15, 0.2) is 4.99 Å². The number of carbonyl (C=O) groups is 2. The molecule has 19 heavy (non-hydrogen) atoms. The fourth-order valence-electron chi connectivity index (χ4n) is 2.82. The molecule has 0 saturated carbocycles. The molecule has 0 aromatic heterocycles. The third-order valence-corrected chi connectivity index (χ3v) is 3.78. The third kappa shape index (κ3) is 4.15. The second-order valence-electron chi connectivity index (χ2n) is 5.47. The molecule has 1 rings (SSSR count). The first-order valence-electron chi connectivity index (χ1n) is 7.26. The number of Topliss-reactive ketones (excluding diaryl/α,β-unsaturated/α-hetero) is 1. The summed E-state index contributed by atoms with van der Waals surface area (Å²) in [6.07, 6.45) is 4.25. The van der Waals surface area contributed by atoms with Crippen LogP contribution in [0.3, 0.4) is 0 Å². The molecule has 1 saturated heterocycles. The number of hydrogen-bond donors (Lipinski definition) is 0. The van der Waals surface area contributed by atoms with Crippen LogP contribution >= 0.6 is 0 Å². The van der Waals surface area contributed by atoms with Crippen molar-refractivity contribution in [2.24, 2.45) is 10.9 Å². The Morgan fingerprint density at radius 3 is 2.63 bits per heavy atom. The molecule has 0 aromatic rings. The normalized spacial score (nSPS) is 21.6. The van der Waals surface area contributed by atoms with Gasteiger partial charge in [0.2, 0.25) is 5.91 Å². The van der Waals surface area contributed by atoms with Crippen LogP contribution in [-0.2, 0) is 9.59 Å². The van der Waals surface area contributed by atoms with Gasteiger partial charge in [0.1, 0.15) is 5.78 Å². The fourth-order valence-corrected chi connectivity index (χ4v) is 2.82. The van der Waals surface area contributed by atoms with Crippen molar-refractivity contribution >= 4 is 17.4 Å². The first-order valence-corrected chi connectivity index (χ1v) is 7.26. The SMILES string of the molecule is CCCC(C)C(=O)N1CCCC1C(CC(C)=O)=NC. The molecule has 0 aromatic carbocycles. The van der Waals surface area contributed by atoms with Gasteiger partial charge < -0.3 is 4.90 Å². The summed E-state index contributed by atoms with van der Waals surface area (Å²) in [7, 11) is 1.72. The van der Waals surface area contributed by atoms with E-state index >= 15 is 0 Å². The van der Waals surface area contributed by atoms with Crippen LogP contribution in [0, 0.1) is 5.92 Å². The molecule has 1 aliphatic rings. The van der Waals surface area contributed by atoms with E-state index in [0.29, 0.717) is 6.42 Å². The Hall–Kier alpha value is -1.19. The second-order valence-corrected chi connectivity index (χ2v) is 5.47. The average molecular weight is 266 g/mol. The highest BCUT2D eigenvalue weighted by Crippen LogP contribution is 2.23. The topological polar surface area (TPSA) is 49.7 Å². The minimum atomic E-state index is 0.0423. The lowest BCUT2D eigenvalue weighted by atomic mass is 10.0. The van der Waals surface area contributed by atoms with Gasteiger partial charge in [-0.05, 0) is 26.2 Å². The minimum Gasteiger partial charge on any atom is -0.334 e. The van der Waals surface area contributed by atoms with Crippen molar-refractivity contribution in [3.05, 3.63) is 0 Å². The maximum atomic E-state index is 12.4. The van der Waals surface area contributed by atoms with E-state index in [1.54, 1.807) is 14.0 Å². The maximum absolute atomic E-state index is 12.4. The van der Waals surface area contributed by atoms with Gasteiger partial charge in [0.15, 0.2) is 0 Å². The molecular formula is C15H26N2O2. The van der Waals surface area contributed by atoms with Crippen molar-refractivity contribution in [1.29, 1.82) is 0 Å². The van der Waals surface area contributed by atoms with Gasteiger partial charge in [0.25, 0.3) is 0 Å². The Morgan fingerprint density at radius 1 is 1.42 bits per heavy atom. The number of hydrogen-bond acceptors (Lipinski definition) is 3. The first kappa shape index (κ1) is 15.9. The van der Waals surface area contributed by atoms with E-state index in [1.165, 1.54) is 0 Å². The summed E-state index contributed by atoms with van der Waals surface area (Å²) in [4.78, 5) is 29.9. The molecule has 1 heterocycles. The van der Waals surface area contributed by atoms with Crippen LogP contribution in [-0.4, -0.2) is 41.9 Å². The lowest BCUT2D eigenvalue weighted by Gasteiger charge is -2.28. The van der Waals surface area contributed by atoms with E-state index in [4.69, 9.17) is 0 Å². The molecule has 0 bridgehead atoms. The third-order valence-electron chi connectivity index (χ3n) is 3.78. The number of aliphatic imine (C=N–C) groups is 1. The first-order chi connectivity index (χ1) is 9.01. The summed E-state index contributed by atoms with van der Waals surface area (Å²) in [6.45, 7) is 6.47. The molecule has 108 valence electrons. The highest BCUT2D eigenvalue weighted by molar-refractivity contribution is 6.05. The van der Waals surface area contributed by atoms with Gasteiger partial charge in [0.05, 0.1) is 6.04 Å². The largest absolute Gasteiger partial charge is 0.334 e. The summed E-state index contributed by atoms with van der Waals surface area (Å²) >= 11 is 0. The number of amides is 1. The molecular weight excluding hydrogens is 240 g/mol. The molecule has 4 heteroatoms. The summed E-state index contributed by atoms with van der Waals surface area (Å²) < 4.78 is 0. The average Bonchev–Trinajstić information content (AvgIpc) is 2.84. The number of nitrogens with zero attached hydrogens (tertiary/aromatic N) is 2. The van der Waals surface area contributed by atoms with Crippen LogP contribution in [0.4, 0.5) is 0 Å². The molecule has 0 spiro atoms. The van der Waals surface area contributed by atoms with E-state index in [-0.39, 0.29) is 23.7 Å². The number of likely N-dealkylation sites (tertiary alicyclic amines) is 1. The Bertz CT molecular complexity index is 363. The Labute approximate surface area is 116 Å². The van der Waals surface area contributed by atoms with E-state index in [0.717, 1.165) is 37.9 Å². The lowest BCUT2D eigenvalue weighted by molar-refractivity contribution is -0.135. The number of ketones is 1. The van der Waals surface area contributed by atoms with Crippen LogP contribution in [0.25, 0.3) is 0 Å². The summed E-state index contributed by atoms with van der Waals surface area (Å²) in [5, 5.41) is 0. The van der Waals surface area contributed by atoms with Gasteiger partial charge in [-0.15, -0.1) is 0 Å². The second kappa shape index (κ2) is 7.41. The van der Waals surface area contributed by atoms with E-state index < -0.39 is 0 Å². The molecule has 0 N–H and O–H groups in total. The predicted molar refractivity (Wildman–Crippen MR) is 77.5 cm³/mol. The zero-order chi connectivity index (χ0) is 14.4. The molecule has 1 fully saturated rings. The van der Waals surface area contributed by atoms with Crippen molar-refractivity contribution in [3.8, 4) is 0 Å². The van der Waals surface area contributed by atoms with E-state index in [9.17, 15) is 9.59 Å². The summed E-state index contributed by atoms with van der Waals surface area (Å²) in [5.74, 6) is 0.400. The Kier molecular flexibility index (Phi) is 6.19. The molecule has 1 aliphatic heterocycles. The van der Waals surface area contributed by atoms with Gasteiger partial charge >= 0.3 is 0 Å². The molecule has 0 radical (unpaired) electrons. The summed E-state index contributed by atoms with van der Waals surface area (Å²) in [5.41, 5.74) is 0.863. The van der Waals surface area contributed by atoms with Crippen LogP contribution < -0.4 is 0 Å². The Balaban J connectivity index is 2.78. The molecule has 2 atom stereocenters. The van der Waals surface area contributed by atoms with Gasteiger partial charge in [-0.3, -0.25) is 14.6 Å². The van der Waals surface area contributed by atoms with Crippen LogP contribution in [0.5, 0.6) is 0 Å². The van der Waals surface area contributed by atoms with Gasteiger partial charge in [-0.1, -0.05) is 20.3 Å². The maximum Gasteiger partial charge on any atom is 0.225 e. The fraction of sp³-hybridized carbons (Fsp3) is 0.800. The number of carbonyl (C=O) groups excluding carboxylic acids is 2. The van der Waals surface area contributed by atoms with Crippen molar-refractivity contribution in [1.82, 2.24) is 4.90 Å². The highest BCUT2D eigenvalue weighted by atomic mass is 16.2. The quantitative estimate of drug-likeness (QED) is 0.693. The summed E-state index contributed by atoms with van der Waals surface area (Å²) in [6, 6.07) is 0.0423. The van der Waals surface area contributed by atoms with Crippen LogP contribution in [0.2, 0.25) is 0 Å². The van der Waals surface area contributed by atoms with E-state index in [1.807, 2.05) is 11.8 Å². The van der Waals surface area contributed by atoms with Crippen molar-refractivity contribution in [3.63, 3.8) is 0 Å². The zero-order valence-electron chi connectivity index (χ0n) is 12.6. The minimum absolute atomic E-state index is 0.0423. The molecule has 1 amide bonds. The van der Waals surface area contributed by atoms with Gasteiger partial charge in [-0.25, -0.2) is 0 Å². The molecule has 4 nitrogen and oxygen atoms in total. The van der Waals surface area contributed by atoms with Crippen molar-refractivity contribution < 1.29 is 9.59 Å². The lowest BCUT2D eigenvalue weighted by Crippen LogP contribution is -2.43. The molecule has 0 aliphatic carbocycles. The van der Waals surface area contributed by atoms with Crippen molar-refractivity contribution in [2.45, 2.75) is 58.9 Å². The molecule has 2 unspecified atom stereocenters. The standard InChI is InChI=1S/C15H26N2O2/c1-5-7-11(2)15(19)17-9-6-8-14(17)13(16-4)10-12(3)18/h11,14H,5-10H2,1-4H3. The zero-order valence-corrected chi connectivity index (χ0v) is 12.6. The van der Waals surface area contributed by atoms with E-state index in [2.05, 4.69) is 11.9 Å².